The van der Waals surface area contributed by atoms with Gasteiger partial charge in [0.15, 0.2) is 5.13 Å². The van der Waals surface area contributed by atoms with Crippen LogP contribution in [0.5, 0.6) is 5.75 Å². The van der Waals surface area contributed by atoms with E-state index in [-0.39, 0.29) is 11.8 Å². The van der Waals surface area contributed by atoms with Crippen LogP contribution in [-0.2, 0) is 4.79 Å². The quantitative estimate of drug-likeness (QED) is 0.675. The molecule has 7 heteroatoms. The van der Waals surface area contributed by atoms with E-state index in [1.807, 2.05) is 18.2 Å². The third-order valence-corrected chi connectivity index (χ3v) is 7.38. The molecule has 0 radical (unpaired) electrons. The van der Waals surface area contributed by atoms with Gasteiger partial charge < -0.3 is 19.9 Å². The van der Waals surface area contributed by atoms with Crippen molar-refractivity contribution < 1.29 is 9.53 Å². The molecule has 1 aromatic carbocycles. The number of benzene rings is 1. The minimum Gasteiger partial charge on any atom is -0.497 e. The number of carbonyl (C=O) groups is 1. The average Bonchev–Trinajstić information content (AvgIpc) is 3.04. The largest absolute Gasteiger partial charge is 0.497 e. The molecule has 164 valence electrons. The van der Waals surface area contributed by atoms with Crippen molar-refractivity contribution in [3.63, 3.8) is 0 Å². The summed E-state index contributed by atoms with van der Waals surface area (Å²) in [7, 11) is 1.69. The molecule has 1 amide bonds. The summed E-state index contributed by atoms with van der Waals surface area (Å²) in [5, 5.41) is 4.21. The lowest BCUT2D eigenvalue weighted by molar-refractivity contribution is -0.125. The Morgan fingerprint density at radius 1 is 1.20 bits per heavy atom. The number of fused-ring (bicyclic) bond motifs is 1. The van der Waals surface area contributed by atoms with Crippen LogP contribution in [-0.4, -0.2) is 62.2 Å². The number of anilines is 1. The third kappa shape index (κ3) is 5.43. The van der Waals surface area contributed by atoms with Crippen LogP contribution >= 0.6 is 11.3 Å². The molecule has 1 aromatic heterocycles. The zero-order valence-corrected chi connectivity index (χ0v) is 18.9. The van der Waals surface area contributed by atoms with E-state index in [0.717, 1.165) is 66.5 Å². The molecule has 2 aliphatic heterocycles. The normalized spacial score (nSPS) is 20.8. The first-order valence-electron chi connectivity index (χ1n) is 11.4. The van der Waals surface area contributed by atoms with E-state index in [1.54, 1.807) is 18.4 Å². The van der Waals surface area contributed by atoms with Crippen LogP contribution in [0.1, 0.15) is 44.9 Å². The number of piperidine rings is 1. The maximum Gasteiger partial charge on any atom is 0.224 e. The lowest BCUT2D eigenvalue weighted by Crippen LogP contribution is -2.43. The molecule has 2 aromatic rings. The van der Waals surface area contributed by atoms with Crippen molar-refractivity contribution in [3.05, 3.63) is 18.2 Å². The number of likely N-dealkylation sites (tertiary alicyclic amines) is 1. The van der Waals surface area contributed by atoms with Gasteiger partial charge in [0.2, 0.25) is 5.91 Å². The fraction of sp³-hybridized carbons (Fsp3) is 0.652. The zero-order chi connectivity index (χ0) is 20.8. The lowest BCUT2D eigenvalue weighted by Gasteiger charge is -2.31. The molecule has 0 aliphatic carbocycles. The number of aromatic nitrogens is 1. The smallest absolute Gasteiger partial charge is 0.224 e. The molecule has 1 atom stereocenters. The van der Waals surface area contributed by atoms with Crippen molar-refractivity contribution in [1.29, 1.82) is 0 Å². The number of methoxy groups -OCH3 is 1. The predicted octanol–water partition coefficient (Wildman–Crippen LogP) is 3.90. The maximum atomic E-state index is 12.8. The average molecular weight is 431 g/mol. The van der Waals surface area contributed by atoms with Crippen LogP contribution in [0.4, 0.5) is 5.13 Å². The highest BCUT2D eigenvalue weighted by Gasteiger charge is 2.27. The first-order valence-corrected chi connectivity index (χ1v) is 12.2. The Labute approximate surface area is 183 Å². The Kier molecular flexibility index (Phi) is 7.44. The van der Waals surface area contributed by atoms with Crippen LogP contribution in [0.25, 0.3) is 10.2 Å². The van der Waals surface area contributed by atoms with E-state index in [0.29, 0.717) is 0 Å². The number of nitrogens with one attached hydrogen (secondary N) is 1. The fourth-order valence-corrected chi connectivity index (χ4v) is 5.57. The molecule has 2 fully saturated rings. The van der Waals surface area contributed by atoms with E-state index >= 15 is 0 Å². The first-order chi connectivity index (χ1) is 14.7. The van der Waals surface area contributed by atoms with E-state index in [1.165, 1.54) is 38.8 Å². The number of ether oxygens (including phenoxy) is 1. The van der Waals surface area contributed by atoms with E-state index in [9.17, 15) is 4.79 Å². The van der Waals surface area contributed by atoms with E-state index in [2.05, 4.69) is 15.1 Å². The maximum absolute atomic E-state index is 12.8. The summed E-state index contributed by atoms with van der Waals surface area (Å²) < 4.78 is 6.46. The monoisotopic (exact) mass is 430 g/mol. The summed E-state index contributed by atoms with van der Waals surface area (Å²) in [6.07, 6.45) is 8.42. The second kappa shape index (κ2) is 10.4. The highest BCUT2D eigenvalue weighted by atomic mass is 32.1. The Morgan fingerprint density at radius 2 is 2.03 bits per heavy atom. The van der Waals surface area contributed by atoms with Gasteiger partial charge in [-0.15, -0.1) is 0 Å². The minimum atomic E-state index is 0.0542. The lowest BCUT2D eigenvalue weighted by atomic mass is 9.97. The van der Waals surface area contributed by atoms with Gasteiger partial charge >= 0.3 is 0 Å². The summed E-state index contributed by atoms with van der Waals surface area (Å²) in [6, 6.07) is 5.99. The molecule has 0 bridgehead atoms. The summed E-state index contributed by atoms with van der Waals surface area (Å²) >= 11 is 1.68. The molecule has 1 N–H and O–H groups in total. The number of amides is 1. The number of carbonyl (C=O) groups excluding carboxylic acids is 1. The van der Waals surface area contributed by atoms with Gasteiger partial charge in [-0.05, 0) is 69.9 Å². The third-order valence-electron chi connectivity index (χ3n) is 6.30. The van der Waals surface area contributed by atoms with Crippen molar-refractivity contribution in [2.75, 3.05) is 51.3 Å². The van der Waals surface area contributed by atoms with Crippen LogP contribution in [0.3, 0.4) is 0 Å². The Balaban J connectivity index is 1.26. The van der Waals surface area contributed by atoms with E-state index in [4.69, 9.17) is 9.72 Å². The molecule has 3 heterocycles. The number of hydrogen-bond acceptors (Lipinski definition) is 6. The van der Waals surface area contributed by atoms with Crippen molar-refractivity contribution in [2.45, 2.75) is 44.9 Å². The standard InChI is InChI=1S/C23H34N4O2S/c1-29-19-9-10-20-21(16-19)30-23(25-20)27-15-6-8-18(17-27)22(28)24-11-7-14-26-12-4-2-3-5-13-26/h9-10,16,18H,2-8,11-15,17H2,1H3,(H,24,28). The second-order valence-corrected chi connectivity index (χ2v) is 9.52. The van der Waals surface area contributed by atoms with Gasteiger partial charge in [0.1, 0.15) is 5.75 Å². The van der Waals surface area contributed by atoms with E-state index < -0.39 is 0 Å². The number of thiazole rings is 1. The number of hydrogen-bond donors (Lipinski definition) is 1. The Bertz CT molecular complexity index is 832. The van der Waals surface area contributed by atoms with Gasteiger partial charge in [0.25, 0.3) is 0 Å². The van der Waals surface area contributed by atoms with Crippen LogP contribution < -0.4 is 15.0 Å². The Morgan fingerprint density at radius 3 is 2.83 bits per heavy atom. The van der Waals surface area contributed by atoms with Crippen molar-refractivity contribution in [1.82, 2.24) is 15.2 Å². The highest BCUT2D eigenvalue weighted by Crippen LogP contribution is 2.33. The summed E-state index contributed by atoms with van der Waals surface area (Å²) in [5.74, 6) is 1.12. The van der Waals surface area contributed by atoms with Gasteiger partial charge in [-0.3, -0.25) is 4.79 Å². The van der Waals surface area contributed by atoms with Gasteiger partial charge in [0.05, 0.1) is 23.2 Å². The van der Waals surface area contributed by atoms with Gasteiger partial charge in [0, 0.05) is 19.6 Å². The fourth-order valence-electron chi connectivity index (χ4n) is 4.54. The van der Waals surface area contributed by atoms with Gasteiger partial charge in [-0.2, -0.15) is 0 Å². The number of nitrogens with zero attached hydrogens (tertiary/aromatic N) is 3. The van der Waals surface area contributed by atoms with Gasteiger partial charge in [-0.25, -0.2) is 4.98 Å². The van der Waals surface area contributed by atoms with Crippen molar-refractivity contribution in [2.24, 2.45) is 5.92 Å². The second-order valence-electron chi connectivity index (χ2n) is 8.52. The molecule has 0 spiro atoms. The minimum absolute atomic E-state index is 0.0542. The predicted molar refractivity (Wildman–Crippen MR) is 124 cm³/mol. The molecule has 2 aliphatic rings. The molecule has 6 nitrogen and oxygen atoms in total. The summed E-state index contributed by atoms with van der Waals surface area (Å²) in [6.45, 7) is 6.06. The summed E-state index contributed by atoms with van der Waals surface area (Å²) in [5.41, 5.74) is 0.996. The van der Waals surface area contributed by atoms with Crippen LogP contribution in [0, 0.1) is 5.92 Å². The van der Waals surface area contributed by atoms with Crippen molar-refractivity contribution in [3.8, 4) is 5.75 Å². The number of rotatable bonds is 7. The van der Waals surface area contributed by atoms with Crippen molar-refractivity contribution >= 4 is 32.6 Å². The van der Waals surface area contributed by atoms with Crippen LogP contribution in [0.15, 0.2) is 18.2 Å². The summed E-state index contributed by atoms with van der Waals surface area (Å²) in [4.78, 5) is 22.4. The van der Waals surface area contributed by atoms with Gasteiger partial charge in [-0.1, -0.05) is 24.2 Å². The Hall–Kier alpha value is -1.86. The zero-order valence-electron chi connectivity index (χ0n) is 18.1. The molecule has 30 heavy (non-hydrogen) atoms. The molecule has 2 saturated heterocycles. The SMILES string of the molecule is COc1ccc2nc(N3CCCC(C(=O)NCCCN4CCCCCC4)C3)sc2c1. The molecular formula is C23H34N4O2S. The molecule has 4 rings (SSSR count). The molecule has 0 saturated carbocycles. The highest BCUT2D eigenvalue weighted by molar-refractivity contribution is 7.22. The van der Waals surface area contributed by atoms with Crippen LogP contribution in [0.2, 0.25) is 0 Å². The topological polar surface area (TPSA) is 57.7 Å². The molecular weight excluding hydrogens is 396 g/mol. The molecule has 1 unspecified atom stereocenters. The first kappa shape index (κ1) is 21.4.